The minimum absolute atomic E-state index is 0.0339. The Kier molecular flexibility index (Phi) is 7.06. The maximum absolute atomic E-state index is 12.7. The molecular weight excluding hydrogens is 436 g/mol. The predicted molar refractivity (Wildman–Crippen MR) is 118 cm³/mol. The molecule has 2 heterocycles. The van der Waals surface area contributed by atoms with Gasteiger partial charge in [-0.25, -0.2) is 4.79 Å². The first kappa shape index (κ1) is 22.8. The van der Waals surface area contributed by atoms with E-state index in [0.717, 1.165) is 0 Å². The molecule has 1 aliphatic heterocycles. The van der Waals surface area contributed by atoms with E-state index in [2.05, 4.69) is 16.6 Å². The highest BCUT2D eigenvalue weighted by molar-refractivity contribution is 7.80. The Morgan fingerprint density at radius 3 is 2.69 bits per heavy atom. The zero-order valence-electron chi connectivity index (χ0n) is 17.4. The monoisotopic (exact) mass is 456 g/mol. The number of nitrogens with zero attached hydrogens (tertiary/aromatic N) is 1. The van der Waals surface area contributed by atoms with E-state index in [4.69, 9.17) is 26.1 Å². The number of furan rings is 1. The van der Waals surface area contributed by atoms with Crippen LogP contribution < -0.4 is 14.8 Å². The lowest BCUT2D eigenvalue weighted by molar-refractivity contribution is -0.128. The van der Waals surface area contributed by atoms with Gasteiger partial charge in [0, 0.05) is 6.54 Å². The van der Waals surface area contributed by atoms with Crippen molar-refractivity contribution in [1.82, 2.24) is 10.2 Å². The minimum atomic E-state index is -0.584. The van der Waals surface area contributed by atoms with Crippen molar-refractivity contribution in [2.24, 2.45) is 0 Å². The van der Waals surface area contributed by atoms with Crippen molar-refractivity contribution >= 4 is 41.2 Å². The summed E-state index contributed by atoms with van der Waals surface area (Å²) in [5, 5.41) is 2.52. The Hall–Kier alpha value is -3.92. The molecule has 1 saturated heterocycles. The second-order valence-electron chi connectivity index (χ2n) is 6.48. The maximum atomic E-state index is 12.7. The Bertz CT molecular complexity index is 1120. The minimum Gasteiger partial charge on any atom is -0.493 e. The Balaban J connectivity index is 1.78. The van der Waals surface area contributed by atoms with Crippen LogP contribution >= 0.6 is 12.2 Å². The molecule has 32 heavy (non-hydrogen) atoms. The van der Waals surface area contributed by atoms with Gasteiger partial charge in [0.25, 0.3) is 11.8 Å². The van der Waals surface area contributed by atoms with E-state index in [1.165, 1.54) is 37.3 Å². The summed E-state index contributed by atoms with van der Waals surface area (Å²) in [5.74, 6) is -0.418. The molecule has 10 heteroatoms. The van der Waals surface area contributed by atoms with E-state index < -0.39 is 17.8 Å². The van der Waals surface area contributed by atoms with Crippen molar-refractivity contribution in [2.45, 2.75) is 6.61 Å². The number of thiocarbonyl (C=S) groups is 1. The lowest BCUT2D eigenvalue weighted by Crippen LogP contribution is -2.53. The summed E-state index contributed by atoms with van der Waals surface area (Å²) >= 11 is 5.04. The number of benzene rings is 1. The quantitative estimate of drug-likeness (QED) is 0.212. The number of amides is 2. The van der Waals surface area contributed by atoms with Gasteiger partial charge in [-0.3, -0.25) is 19.8 Å². The Morgan fingerprint density at radius 1 is 1.22 bits per heavy atom. The molecule has 1 aromatic heterocycles. The van der Waals surface area contributed by atoms with Crippen LogP contribution in [-0.2, 0) is 20.9 Å². The molecule has 1 N–H and O–H groups in total. The summed E-state index contributed by atoms with van der Waals surface area (Å²) in [6, 6.07) is 8.01. The van der Waals surface area contributed by atoms with Gasteiger partial charge in [-0.05, 0) is 48.1 Å². The van der Waals surface area contributed by atoms with Crippen molar-refractivity contribution in [2.75, 3.05) is 20.8 Å². The van der Waals surface area contributed by atoms with Crippen molar-refractivity contribution in [3.63, 3.8) is 0 Å². The molecule has 1 fully saturated rings. The highest BCUT2D eigenvalue weighted by Crippen LogP contribution is 2.30. The number of carbonyl (C=O) groups excluding carboxylic acids is 3. The fourth-order valence-electron chi connectivity index (χ4n) is 2.86. The van der Waals surface area contributed by atoms with E-state index in [1.807, 2.05) is 0 Å². The molecule has 1 aromatic carbocycles. The van der Waals surface area contributed by atoms with Crippen LogP contribution in [0.4, 0.5) is 0 Å². The molecule has 0 unspecified atom stereocenters. The van der Waals surface area contributed by atoms with Crippen LogP contribution in [-0.4, -0.2) is 48.6 Å². The van der Waals surface area contributed by atoms with Crippen LogP contribution in [0, 0.1) is 0 Å². The summed E-state index contributed by atoms with van der Waals surface area (Å²) < 4.78 is 21.0. The second kappa shape index (κ2) is 9.92. The molecule has 0 aliphatic carbocycles. The SMILES string of the molecule is C=CCN1C(=O)/C(=C/c2ccc(OCc3ccc(C(=O)OC)o3)c(OC)c2)C(=O)NC1=S. The third-order valence-electron chi connectivity index (χ3n) is 4.41. The summed E-state index contributed by atoms with van der Waals surface area (Å²) in [4.78, 5) is 37.7. The highest BCUT2D eigenvalue weighted by Gasteiger charge is 2.32. The third kappa shape index (κ3) is 4.86. The molecule has 166 valence electrons. The van der Waals surface area contributed by atoms with Crippen LogP contribution in [0.2, 0.25) is 0 Å². The molecule has 1 aliphatic rings. The molecule has 0 radical (unpaired) electrons. The van der Waals surface area contributed by atoms with Crippen molar-refractivity contribution in [1.29, 1.82) is 0 Å². The first-order valence-corrected chi connectivity index (χ1v) is 9.76. The number of rotatable bonds is 8. The van der Waals surface area contributed by atoms with Crippen LogP contribution in [0.25, 0.3) is 6.08 Å². The zero-order chi connectivity index (χ0) is 23.3. The molecule has 0 saturated carbocycles. The smallest absolute Gasteiger partial charge is 0.373 e. The van der Waals surface area contributed by atoms with Gasteiger partial charge in [0.1, 0.15) is 17.9 Å². The van der Waals surface area contributed by atoms with E-state index in [1.54, 1.807) is 24.3 Å². The summed E-state index contributed by atoms with van der Waals surface area (Å²) in [7, 11) is 2.72. The lowest BCUT2D eigenvalue weighted by atomic mass is 10.1. The van der Waals surface area contributed by atoms with E-state index in [-0.39, 0.29) is 29.6 Å². The van der Waals surface area contributed by atoms with Gasteiger partial charge in [0.05, 0.1) is 14.2 Å². The third-order valence-corrected chi connectivity index (χ3v) is 4.74. The van der Waals surface area contributed by atoms with Gasteiger partial charge >= 0.3 is 5.97 Å². The van der Waals surface area contributed by atoms with Crippen LogP contribution in [0.15, 0.2) is 53.0 Å². The number of ether oxygens (including phenoxy) is 3. The fourth-order valence-corrected chi connectivity index (χ4v) is 3.11. The summed E-state index contributed by atoms with van der Waals surface area (Å²) in [6.07, 6.45) is 2.96. The molecule has 9 nitrogen and oxygen atoms in total. The molecule has 2 aromatic rings. The van der Waals surface area contributed by atoms with Crippen LogP contribution in [0.5, 0.6) is 11.5 Å². The topological polar surface area (TPSA) is 107 Å². The summed E-state index contributed by atoms with van der Waals surface area (Å²) in [6.45, 7) is 3.81. The zero-order valence-corrected chi connectivity index (χ0v) is 18.2. The second-order valence-corrected chi connectivity index (χ2v) is 6.86. The number of methoxy groups -OCH3 is 2. The first-order valence-electron chi connectivity index (χ1n) is 9.35. The van der Waals surface area contributed by atoms with Gasteiger partial charge in [0.15, 0.2) is 16.6 Å². The van der Waals surface area contributed by atoms with E-state index in [0.29, 0.717) is 22.8 Å². The number of hydrogen-bond donors (Lipinski definition) is 1. The normalized spacial score (nSPS) is 14.9. The average molecular weight is 456 g/mol. The van der Waals surface area contributed by atoms with E-state index in [9.17, 15) is 14.4 Å². The van der Waals surface area contributed by atoms with Crippen molar-refractivity contribution in [3.05, 3.63) is 65.6 Å². The lowest BCUT2D eigenvalue weighted by Gasteiger charge is -2.27. The highest BCUT2D eigenvalue weighted by atomic mass is 32.1. The molecule has 3 rings (SSSR count). The fraction of sp³-hybridized carbons (Fsp3) is 0.182. The first-order chi connectivity index (χ1) is 15.4. The molecule has 0 atom stereocenters. The number of nitrogens with one attached hydrogen (secondary N) is 1. The predicted octanol–water partition coefficient (Wildman–Crippen LogP) is 2.47. The number of esters is 1. The van der Waals surface area contributed by atoms with Crippen molar-refractivity contribution < 1.29 is 33.0 Å². The van der Waals surface area contributed by atoms with Crippen LogP contribution in [0.3, 0.4) is 0 Å². The number of hydrogen-bond acceptors (Lipinski definition) is 8. The summed E-state index contributed by atoms with van der Waals surface area (Å²) in [5.41, 5.74) is 0.479. The van der Waals surface area contributed by atoms with Gasteiger partial charge in [-0.2, -0.15) is 0 Å². The maximum Gasteiger partial charge on any atom is 0.373 e. The van der Waals surface area contributed by atoms with Gasteiger partial charge < -0.3 is 18.6 Å². The Morgan fingerprint density at radius 2 is 2.00 bits per heavy atom. The van der Waals surface area contributed by atoms with Gasteiger partial charge in [-0.1, -0.05) is 12.1 Å². The average Bonchev–Trinajstić information content (AvgIpc) is 3.27. The Labute approximate surface area is 189 Å². The van der Waals surface area contributed by atoms with Crippen molar-refractivity contribution in [3.8, 4) is 11.5 Å². The molecule has 2 amide bonds. The van der Waals surface area contributed by atoms with E-state index >= 15 is 0 Å². The van der Waals surface area contributed by atoms with Gasteiger partial charge in [0.2, 0.25) is 5.76 Å². The molecular formula is C22H20N2O7S. The molecule has 0 spiro atoms. The number of carbonyl (C=O) groups is 3. The largest absolute Gasteiger partial charge is 0.493 e. The standard InChI is InChI=1S/C22H20N2O7S/c1-4-9-24-20(26)15(19(25)23-22(24)32)10-13-5-7-16(18(11-13)28-2)30-12-14-6-8-17(31-14)21(27)29-3/h4-8,10-11H,1,9,12H2,2-3H3,(H,23,25,32)/b15-10+. The van der Waals surface area contributed by atoms with Gasteiger partial charge in [-0.15, -0.1) is 6.58 Å². The molecule has 0 bridgehead atoms. The van der Waals surface area contributed by atoms with Crippen LogP contribution in [0.1, 0.15) is 21.9 Å².